The van der Waals surface area contributed by atoms with Gasteiger partial charge in [0.05, 0.1) is 0 Å². The van der Waals surface area contributed by atoms with Gasteiger partial charge in [-0.05, 0) is 25.0 Å². The van der Waals surface area contributed by atoms with Crippen LogP contribution in [-0.2, 0) is 9.59 Å². The Bertz CT molecular complexity index is 642. The van der Waals surface area contributed by atoms with Crippen LogP contribution < -0.4 is 10.6 Å². The Labute approximate surface area is 148 Å². The maximum Gasteiger partial charge on any atom is 0.248 e. The standard InChI is InChI=1S/C19H26N4O2/c24-17-16-14-23(13-12-22(16)11-10-20-17)18(25)19(8-4-5-9-19)21-15-6-2-1-3-7-15/h1-3,6-7,16,21H,4-5,8-14H2,(H,20,24). The molecule has 0 aromatic heterocycles. The molecule has 0 radical (unpaired) electrons. The third kappa shape index (κ3) is 3.11. The fraction of sp³-hybridized carbons (Fsp3) is 0.579. The van der Waals surface area contributed by atoms with Crippen LogP contribution in [0.3, 0.4) is 0 Å². The van der Waals surface area contributed by atoms with E-state index in [-0.39, 0.29) is 17.9 Å². The molecule has 1 atom stereocenters. The van der Waals surface area contributed by atoms with Gasteiger partial charge < -0.3 is 15.5 Å². The molecule has 2 heterocycles. The number of rotatable bonds is 3. The van der Waals surface area contributed by atoms with Gasteiger partial charge in [0.1, 0.15) is 11.6 Å². The fourth-order valence-corrected chi connectivity index (χ4v) is 4.43. The highest BCUT2D eigenvalue weighted by molar-refractivity contribution is 5.91. The molecule has 2 aliphatic heterocycles. The van der Waals surface area contributed by atoms with Crippen LogP contribution in [0.4, 0.5) is 5.69 Å². The molecule has 1 unspecified atom stereocenters. The minimum absolute atomic E-state index is 0.0558. The normalized spacial score (nSPS) is 26.0. The summed E-state index contributed by atoms with van der Waals surface area (Å²) in [7, 11) is 0. The van der Waals surface area contributed by atoms with Crippen LogP contribution in [0.1, 0.15) is 25.7 Å². The maximum absolute atomic E-state index is 13.4. The van der Waals surface area contributed by atoms with Crippen molar-refractivity contribution >= 4 is 17.5 Å². The van der Waals surface area contributed by atoms with Gasteiger partial charge in [-0.25, -0.2) is 0 Å². The molecule has 3 aliphatic rings. The first-order valence-electron chi connectivity index (χ1n) is 9.32. The first kappa shape index (κ1) is 16.4. The predicted molar refractivity (Wildman–Crippen MR) is 96.2 cm³/mol. The molecule has 4 rings (SSSR count). The average molecular weight is 342 g/mol. The molecule has 1 saturated carbocycles. The summed E-state index contributed by atoms with van der Waals surface area (Å²) in [5.74, 6) is 0.215. The van der Waals surface area contributed by atoms with Gasteiger partial charge in [0, 0.05) is 38.4 Å². The third-order valence-corrected chi connectivity index (χ3v) is 5.80. The molecule has 1 aliphatic carbocycles. The number of carbonyl (C=O) groups excluding carboxylic acids is 2. The molecule has 2 saturated heterocycles. The fourth-order valence-electron chi connectivity index (χ4n) is 4.43. The molecule has 3 fully saturated rings. The summed E-state index contributed by atoms with van der Waals surface area (Å²) in [5, 5.41) is 6.45. The topological polar surface area (TPSA) is 64.7 Å². The molecule has 134 valence electrons. The van der Waals surface area contributed by atoms with Crippen molar-refractivity contribution in [1.82, 2.24) is 15.1 Å². The van der Waals surface area contributed by atoms with Crippen LogP contribution in [0, 0.1) is 0 Å². The molecule has 2 N–H and O–H groups in total. The second kappa shape index (κ2) is 6.67. The highest BCUT2D eigenvalue weighted by Crippen LogP contribution is 2.35. The summed E-state index contributed by atoms with van der Waals surface area (Å²) in [4.78, 5) is 29.7. The van der Waals surface area contributed by atoms with Crippen molar-refractivity contribution in [1.29, 1.82) is 0 Å². The smallest absolute Gasteiger partial charge is 0.248 e. The van der Waals surface area contributed by atoms with Crippen LogP contribution in [0.2, 0.25) is 0 Å². The third-order valence-electron chi connectivity index (χ3n) is 5.80. The van der Waals surface area contributed by atoms with Gasteiger partial charge in [-0.3, -0.25) is 14.5 Å². The molecule has 1 aromatic carbocycles. The van der Waals surface area contributed by atoms with Crippen molar-refractivity contribution in [3.8, 4) is 0 Å². The van der Waals surface area contributed by atoms with Crippen LogP contribution in [0.25, 0.3) is 0 Å². The van der Waals surface area contributed by atoms with Gasteiger partial charge in [-0.1, -0.05) is 31.0 Å². The zero-order valence-electron chi connectivity index (χ0n) is 14.5. The summed E-state index contributed by atoms with van der Waals surface area (Å²) >= 11 is 0. The molecule has 25 heavy (non-hydrogen) atoms. The maximum atomic E-state index is 13.4. The van der Waals surface area contributed by atoms with E-state index in [0.29, 0.717) is 19.6 Å². The Morgan fingerprint density at radius 1 is 1.12 bits per heavy atom. The zero-order chi connectivity index (χ0) is 17.3. The highest BCUT2D eigenvalue weighted by atomic mass is 16.2. The molecule has 6 heteroatoms. The van der Waals surface area contributed by atoms with Crippen molar-refractivity contribution in [2.75, 3.05) is 38.0 Å². The Balaban J connectivity index is 1.52. The number of amides is 2. The minimum Gasteiger partial charge on any atom is -0.371 e. The van der Waals surface area contributed by atoms with Crippen molar-refractivity contribution in [2.45, 2.75) is 37.3 Å². The van der Waals surface area contributed by atoms with E-state index >= 15 is 0 Å². The number of fused-ring (bicyclic) bond motifs is 1. The van der Waals surface area contributed by atoms with Crippen molar-refractivity contribution < 1.29 is 9.59 Å². The van der Waals surface area contributed by atoms with E-state index in [1.165, 1.54) is 0 Å². The first-order valence-corrected chi connectivity index (χ1v) is 9.32. The van der Waals surface area contributed by atoms with E-state index < -0.39 is 5.54 Å². The van der Waals surface area contributed by atoms with E-state index in [2.05, 4.69) is 15.5 Å². The lowest BCUT2D eigenvalue weighted by Crippen LogP contribution is -2.66. The highest BCUT2D eigenvalue weighted by Gasteiger charge is 2.46. The predicted octanol–water partition coefficient (Wildman–Crippen LogP) is 1.05. The van der Waals surface area contributed by atoms with E-state index in [1.807, 2.05) is 35.2 Å². The van der Waals surface area contributed by atoms with Gasteiger partial charge in [0.25, 0.3) is 0 Å². The Morgan fingerprint density at radius 2 is 1.88 bits per heavy atom. The Kier molecular flexibility index (Phi) is 4.37. The average Bonchev–Trinajstić information content (AvgIpc) is 3.12. The molecule has 6 nitrogen and oxygen atoms in total. The van der Waals surface area contributed by atoms with Gasteiger partial charge in [-0.15, -0.1) is 0 Å². The molecule has 2 amide bonds. The largest absolute Gasteiger partial charge is 0.371 e. The van der Waals surface area contributed by atoms with Gasteiger partial charge in [-0.2, -0.15) is 0 Å². The summed E-state index contributed by atoms with van der Waals surface area (Å²) in [6.07, 6.45) is 3.85. The van der Waals surface area contributed by atoms with Crippen LogP contribution in [0.5, 0.6) is 0 Å². The lowest BCUT2D eigenvalue weighted by Gasteiger charge is -2.45. The molecular weight excluding hydrogens is 316 g/mol. The number of nitrogens with zero attached hydrogens (tertiary/aromatic N) is 2. The van der Waals surface area contributed by atoms with E-state index in [4.69, 9.17) is 0 Å². The quantitative estimate of drug-likeness (QED) is 0.862. The van der Waals surface area contributed by atoms with Gasteiger partial charge in [0.2, 0.25) is 11.8 Å². The van der Waals surface area contributed by atoms with Gasteiger partial charge >= 0.3 is 0 Å². The Morgan fingerprint density at radius 3 is 2.64 bits per heavy atom. The number of anilines is 1. The Hall–Kier alpha value is -2.08. The van der Waals surface area contributed by atoms with Crippen LogP contribution in [0.15, 0.2) is 30.3 Å². The van der Waals surface area contributed by atoms with Crippen molar-refractivity contribution in [2.24, 2.45) is 0 Å². The first-order chi connectivity index (χ1) is 12.2. The lowest BCUT2D eigenvalue weighted by atomic mass is 9.93. The molecular formula is C19H26N4O2. The van der Waals surface area contributed by atoms with Crippen molar-refractivity contribution in [3.05, 3.63) is 30.3 Å². The van der Waals surface area contributed by atoms with Crippen molar-refractivity contribution in [3.63, 3.8) is 0 Å². The molecule has 0 spiro atoms. The van der Waals surface area contributed by atoms with Crippen LogP contribution >= 0.6 is 0 Å². The summed E-state index contributed by atoms with van der Waals surface area (Å²) in [5.41, 5.74) is 0.473. The van der Waals surface area contributed by atoms with Crippen LogP contribution in [-0.4, -0.2) is 65.9 Å². The number of carbonyl (C=O) groups is 2. The number of hydrogen-bond donors (Lipinski definition) is 2. The second-order valence-corrected chi connectivity index (χ2v) is 7.37. The van der Waals surface area contributed by atoms with E-state index in [1.54, 1.807) is 0 Å². The number of piperazine rings is 2. The van der Waals surface area contributed by atoms with Gasteiger partial charge in [0.15, 0.2) is 0 Å². The second-order valence-electron chi connectivity index (χ2n) is 7.37. The summed E-state index contributed by atoms with van der Waals surface area (Å²) in [6.45, 7) is 3.59. The monoisotopic (exact) mass is 342 g/mol. The number of benzene rings is 1. The molecule has 1 aromatic rings. The van der Waals surface area contributed by atoms with E-state index in [9.17, 15) is 9.59 Å². The van der Waals surface area contributed by atoms with E-state index in [0.717, 1.165) is 44.5 Å². The summed E-state index contributed by atoms with van der Waals surface area (Å²) in [6, 6.07) is 9.79. The number of para-hydroxylation sites is 1. The summed E-state index contributed by atoms with van der Waals surface area (Å²) < 4.78 is 0. The zero-order valence-corrected chi connectivity index (χ0v) is 14.5. The molecule has 0 bridgehead atoms. The number of nitrogens with one attached hydrogen (secondary N) is 2. The minimum atomic E-state index is -0.519. The SMILES string of the molecule is O=C1NCCN2CCN(C(=O)C3(Nc4ccccc4)CCCC3)CC12. The lowest BCUT2D eigenvalue weighted by molar-refractivity contribution is -0.143. The number of hydrogen-bond acceptors (Lipinski definition) is 4.